The van der Waals surface area contributed by atoms with Crippen molar-refractivity contribution in [3.63, 3.8) is 0 Å². The zero-order valence-corrected chi connectivity index (χ0v) is 17.9. The fourth-order valence-corrected chi connectivity index (χ4v) is 3.84. The van der Waals surface area contributed by atoms with E-state index in [0.29, 0.717) is 16.6 Å². The van der Waals surface area contributed by atoms with E-state index in [1.165, 1.54) is 17.7 Å². The van der Waals surface area contributed by atoms with Crippen molar-refractivity contribution in [3.8, 4) is 5.75 Å². The zero-order valence-electron chi connectivity index (χ0n) is 14.9. The molecule has 2 heterocycles. The van der Waals surface area contributed by atoms with Crippen LogP contribution in [0, 0.1) is 13.7 Å². The number of methoxy groups -OCH3 is 1. The van der Waals surface area contributed by atoms with E-state index in [4.69, 9.17) is 4.74 Å². The number of rotatable bonds is 6. The van der Waals surface area contributed by atoms with Crippen LogP contribution in [-0.2, 0) is 0 Å². The number of halogens is 1. The second-order valence-electron chi connectivity index (χ2n) is 5.79. The van der Waals surface area contributed by atoms with Crippen molar-refractivity contribution in [2.45, 2.75) is 0 Å². The molecule has 2 aromatic heterocycles. The van der Waals surface area contributed by atoms with Gasteiger partial charge in [-0.15, -0.1) is 0 Å². The normalized spacial score (nSPS) is 10.7. The van der Waals surface area contributed by atoms with Crippen molar-refractivity contribution < 1.29 is 9.66 Å². The molecule has 0 aliphatic rings. The van der Waals surface area contributed by atoms with Gasteiger partial charge in [-0.25, -0.2) is 15.0 Å². The maximum absolute atomic E-state index is 11.7. The molecule has 9 nitrogen and oxygen atoms in total. The molecule has 0 saturated carbocycles. The Bertz CT molecular complexity index is 1200. The molecule has 11 heteroatoms. The van der Waals surface area contributed by atoms with Gasteiger partial charge in [0, 0.05) is 9.26 Å². The number of ether oxygens (including phenoxy) is 1. The average molecular weight is 520 g/mol. The van der Waals surface area contributed by atoms with Gasteiger partial charge < -0.3 is 15.4 Å². The van der Waals surface area contributed by atoms with Gasteiger partial charge in [-0.2, -0.15) is 0 Å². The quantitative estimate of drug-likeness (QED) is 0.205. The molecule has 0 amide bonds. The van der Waals surface area contributed by atoms with Gasteiger partial charge in [0.25, 0.3) is 0 Å². The topological polar surface area (TPSA) is 115 Å². The highest BCUT2D eigenvalue weighted by Crippen LogP contribution is 2.36. The van der Waals surface area contributed by atoms with Crippen LogP contribution in [0.1, 0.15) is 0 Å². The summed E-state index contributed by atoms with van der Waals surface area (Å²) in [4.78, 5) is 23.8. The minimum atomic E-state index is -0.520. The lowest BCUT2D eigenvalue weighted by Crippen LogP contribution is -2.05. The lowest BCUT2D eigenvalue weighted by molar-refractivity contribution is -0.383. The van der Waals surface area contributed by atoms with Gasteiger partial charge in [0.1, 0.15) is 12.1 Å². The fourth-order valence-electron chi connectivity index (χ4n) is 2.59. The highest BCUT2D eigenvalue weighted by atomic mass is 127. The Morgan fingerprint density at radius 3 is 2.52 bits per heavy atom. The molecule has 0 aliphatic carbocycles. The highest BCUT2D eigenvalue weighted by molar-refractivity contribution is 14.1. The largest absolute Gasteiger partial charge is 0.497 e. The Morgan fingerprint density at radius 1 is 1.10 bits per heavy atom. The molecular weight excluding hydrogens is 507 g/mol. The van der Waals surface area contributed by atoms with E-state index in [-0.39, 0.29) is 17.3 Å². The molecule has 0 fully saturated rings. The van der Waals surface area contributed by atoms with Gasteiger partial charge >= 0.3 is 5.69 Å². The smallest absolute Gasteiger partial charge is 0.353 e. The number of hydrogen-bond acceptors (Lipinski definition) is 9. The Labute approximate surface area is 182 Å². The van der Waals surface area contributed by atoms with E-state index in [9.17, 15) is 10.1 Å². The van der Waals surface area contributed by atoms with E-state index >= 15 is 0 Å². The summed E-state index contributed by atoms with van der Waals surface area (Å²) in [7, 11) is 1.59. The first kappa shape index (κ1) is 19.3. The van der Waals surface area contributed by atoms with Crippen LogP contribution in [0.4, 0.5) is 28.1 Å². The Balaban J connectivity index is 1.68. The molecule has 146 valence electrons. The summed E-state index contributed by atoms with van der Waals surface area (Å²) in [5, 5.41) is 18.2. The molecule has 0 spiro atoms. The number of fused-ring (bicyclic) bond motifs is 1. The van der Waals surface area contributed by atoms with Crippen LogP contribution in [0.3, 0.4) is 0 Å². The first-order valence-electron chi connectivity index (χ1n) is 8.27. The molecule has 0 aliphatic heterocycles. The number of anilines is 4. The molecule has 0 bridgehead atoms. The molecule has 0 atom stereocenters. The van der Waals surface area contributed by atoms with Crippen molar-refractivity contribution >= 4 is 72.3 Å². The third-order valence-electron chi connectivity index (χ3n) is 3.93. The summed E-state index contributed by atoms with van der Waals surface area (Å²) >= 11 is 3.53. The van der Waals surface area contributed by atoms with Gasteiger partial charge in [-0.3, -0.25) is 10.1 Å². The first-order valence-corrected chi connectivity index (χ1v) is 10.2. The third-order valence-corrected chi connectivity index (χ3v) is 5.59. The Hall–Kier alpha value is -3.06. The molecule has 0 saturated heterocycles. The van der Waals surface area contributed by atoms with Crippen molar-refractivity contribution in [1.29, 1.82) is 0 Å². The van der Waals surface area contributed by atoms with Crippen LogP contribution >= 0.6 is 33.9 Å². The summed E-state index contributed by atoms with van der Waals surface area (Å²) in [6.45, 7) is 0. The number of nitro groups is 1. The Kier molecular flexibility index (Phi) is 5.40. The van der Waals surface area contributed by atoms with Gasteiger partial charge in [0.2, 0.25) is 11.6 Å². The van der Waals surface area contributed by atoms with Crippen molar-refractivity contribution in [1.82, 2.24) is 15.0 Å². The molecule has 2 N–H and O–H groups in total. The summed E-state index contributed by atoms with van der Waals surface area (Å²) in [6.07, 6.45) is 1.26. The standard InChI is InChI=1S/C18H13IN6O3S/c1-28-12-6-7-13-14(8-12)29-18(23-13)24-17-15(25(26)27)16(20-9-21-17)22-11-4-2-10(19)3-5-11/h2-9H,1H3,(H2,20,21,22,23,24). The lowest BCUT2D eigenvalue weighted by atomic mass is 10.3. The van der Waals surface area contributed by atoms with E-state index in [1.54, 1.807) is 7.11 Å². The van der Waals surface area contributed by atoms with E-state index in [0.717, 1.165) is 13.8 Å². The number of thiazole rings is 1. The van der Waals surface area contributed by atoms with E-state index in [2.05, 4.69) is 48.2 Å². The summed E-state index contributed by atoms with van der Waals surface area (Å²) in [5.74, 6) is 0.866. The van der Waals surface area contributed by atoms with Gasteiger partial charge in [-0.1, -0.05) is 11.3 Å². The third kappa shape index (κ3) is 4.19. The predicted molar refractivity (Wildman–Crippen MR) is 121 cm³/mol. The molecule has 29 heavy (non-hydrogen) atoms. The number of aromatic nitrogens is 3. The Morgan fingerprint density at radius 2 is 1.83 bits per heavy atom. The minimum Gasteiger partial charge on any atom is -0.497 e. The monoisotopic (exact) mass is 520 g/mol. The predicted octanol–water partition coefficient (Wildman–Crippen LogP) is 5.09. The van der Waals surface area contributed by atoms with Gasteiger partial charge in [0.15, 0.2) is 5.13 Å². The van der Waals surface area contributed by atoms with Crippen molar-refractivity contribution in [2.75, 3.05) is 17.7 Å². The van der Waals surface area contributed by atoms with Crippen molar-refractivity contribution in [3.05, 3.63) is 62.5 Å². The van der Waals surface area contributed by atoms with E-state index < -0.39 is 4.92 Å². The van der Waals surface area contributed by atoms with Crippen LogP contribution in [0.2, 0.25) is 0 Å². The van der Waals surface area contributed by atoms with Crippen LogP contribution in [0.5, 0.6) is 5.75 Å². The zero-order chi connectivity index (χ0) is 20.4. The SMILES string of the molecule is COc1ccc2nc(Nc3ncnc(Nc4ccc(I)cc4)c3[N+](=O)[O-])sc2c1. The fraction of sp³-hybridized carbons (Fsp3) is 0.0556. The van der Waals surface area contributed by atoms with Crippen LogP contribution in [0.15, 0.2) is 48.8 Å². The average Bonchev–Trinajstić information content (AvgIpc) is 3.11. The van der Waals surface area contributed by atoms with Crippen molar-refractivity contribution in [2.24, 2.45) is 0 Å². The van der Waals surface area contributed by atoms with Crippen LogP contribution in [-0.4, -0.2) is 27.0 Å². The molecule has 4 aromatic rings. The molecule has 0 unspecified atom stereocenters. The summed E-state index contributed by atoms with van der Waals surface area (Å²) < 4.78 is 7.17. The number of hydrogen-bond donors (Lipinski definition) is 2. The van der Waals surface area contributed by atoms with Crippen LogP contribution in [0.25, 0.3) is 10.2 Å². The summed E-state index contributed by atoms with van der Waals surface area (Å²) in [6, 6.07) is 12.9. The van der Waals surface area contributed by atoms with Gasteiger partial charge in [-0.05, 0) is 65.1 Å². The number of nitrogens with one attached hydrogen (secondary N) is 2. The maximum atomic E-state index is 11.7. The number of nitrogens with zero attached hydrogens (tertiary/aromatic N) is 4. The molecular formula is C18H13IN6O3S. The van der Waals surface area contributed by atoms with E-state index in [1.807, 2.05) is 42.5 Å². The molecule has 4 rings (SSSR count). The van der Waals surface area contributed by atoms with Gasteiger partial charge in [0.05, 0.1) is 22.2 Å². The highest BCUT2D eigenvalue weighted by Gasteiger charge is 2.24. The molecule has 2 aromatic carbocycles. The summed E-state index contributed by atoms with van der Waals surface area (Å²) in [5.41, 5.74) is 1.18. The molecule has 0 radical (unpaired) electrons. The minimum absolute atomic E-state index is 0.0593. The number of benzene rings is 2. The second kappa shape index (κ2) is 8.13. The lowest BCUT2D eigenvalue weighted by Gasteiger charge is -2.09. The second-order valence-corrected chi connectivity index (χ2v) is 8.06. The maximum Gasteiger partial charge on any atom is 0.353 e. The first-order chi connectivity index (χ1) is 14.0. The van der Waals surface area contributed by atoms with Crippen LogP contribution < -0.4 is 15.4 Å².